The van der Waals surface area contributed by atoms with E-state index in [0.29, 0.717) is 24.3 Å². The summed E-state index contributed by atoms with van der Waals surface area (Å²) >= 11 is 0. The number of hydrogen-bond donors (Lipinski definition) is 0. The third kappa shape index (κ3) is 3.78. The lowest BCUT2D eigenvalue weighted by atomic mass is 10.0. The zero-order valence-electron chi connectivity index (χ0n) is 17.7. The van der Waals surface area contributed by atoms with Crippen LogP contribution in [-0.2, 0) is 21.4 Å². The molecular weight excluding hydrogens is 422 g/mol. The summed E-state index contributed by atoms with van der Waals surface area (Å²) in [6.45, 7) is 3.40. The van der Waals surface area contributed by atoms with Crippen LogP contribution in [0, 0.1) is 0 Å². The molecule has 0 spiro atoms. The van der Waals surface area contributed by atoms with Gasteiger partial charge in [-0.25, -0.2) is 8.42 Å². The molecule has 0 saturated carbocycles. The third-order valence-corrected chi connectivity index (χ3v) is 7.99. The average molecular weight is 448 g/mol. The van der Waals surface area contributed by atoms with Crippen molar-refractivity contribution in [1.29, 1.82) is 0 Å². The number of nitrogens with zero attached hydrogens (tertiary/aromatic N) is 3. The smallest absolute Gasteiger partial charge is 0.265 e. The number of para-hydroxylation sites is 1. The van der Waals surface area contributed by atoms with Gasteiger partial charge in [-0.15, -0.1) is 0 Å². The summed E-state index contributed by atoms with van der Waals surface area (Å²) in [7, 11) is -3.81. The van der Waals surface area contributed by atoms with E-state index in [0.717, 1.165) is 25.2 Å². The number of anilines is 1. The fraction of sp³-hybridized carbons (Fsp3) is 0.240. The van der Waals surface area contributed by atoms with Gasteiger partial charge in [0.25, 0.3) is 10.0 Å². The van der Waals surface area contributed by atoms with Crippen molar-refractivity contribution >= 4 is 21.6 Å². The Labute approximate surface area is 188 Å². The summed E-state index contributed by atoms with van der Waals surface area (Å²) in [6, 6.07) is 24.6. The molecular formula is C25H25N3O3S. The maximum atomic E-state index is 13.4. The van der Waals surface area contributed by atoms with Crippen LogP contribution in [0.2, 0.25) is 0 Å². The van der Waals surface area contributed by atoms with Gasteiger partial charge < -0.3 is 4.90 Å². The van der Waals surface area contributed by atoms with E-state index in [4.69, 9.17) is 0 Å². The molecule has 1 saturated heterocycles. The molecule has 3 aromatic carbocycles. The number of piperazine rings is 1. The Kier molecular flexibility index (Phi) is 5.45. The van der Waals surface area contributed by atoms with E-state index in [2.05, 4.69) is 17.0 Å². The van der Waals surface area contributed by atoms with Crippen molar-refractivity contribution in [2.45, 2.75) is 11.4 Å². The molecule has 6 nitrogen and oxygen atoms in total. The van der Waals surface area contributed by atoms with Crippen molar-refractivity contribution in [3.8, 4) is 11.1 Å². The first kappa shape index (κ1) is 20.7. The first-order valence-corrected chi connectivity index (χ1v) is 12.2. The molecule has 1 amide bonds. The Balaban J connectivity index is 1.32. The van der Waals surface area contributed by atoms with Crippen LogP contribution >= 0.6 is 0 Å². The van der Waals surface area contributed by atoms with Gasteiger partial charge >= 0.3 is 0 Å². The SMILES string of the molecule is O=C(CN1c2ccccc2-c2ccccc2S1(=O)=O)N1CCN(Cc2ccccc2)CC1. The maximum Gasteiger partial charge on any atom is 0.265 e. The van der Waals surface area contributed by atoms with Gasteiger partial charge in [0.2, 0.25) is 5.91 Å². The molecule has 2 heterocycles. The lowest BCUT2D eigenvalue weighted by molar-refractivity contribution is -0.131. The van der Waals surface area contributed by atoms with Crippen molar-refractivity contribution in [3.05, 3.63) is 84.4 Å². The minimum Gasteiger partial charge on any atom is -0.339 e. The van der Waals surface area contributed by atoms with Crippen LogP contribution in [0.25, 0.3) is 11.1 Å². The van der Waals surface area contributed by atoms with Crippen molar-refractivity contribution in [2.75, 3.05) is 37.0 Å². The molecule has 0 unspecified atom stereocenters. The Morgan fingerprint density at radius 3 is 2.12 bits per heavy atom. The zero-order chi connectivity index (χ0) is 22.1. The average Bonchev–Trinajstić information content (AvgIpc) is 2.83. The summed E-state index contributed by atoms with van der Waals surface area (Å²) in [6.07, 6.45) is 0. The van der Waals surface area contributed by atoms with Gasteiger partial charge in [-0.2, -0.15) is 0 Å². The minimum absolute atomic E-state index is 0.165. The first-order valence-electron chi connectivity index (χ1n) is 10.8. The van der Waals surface area contributed by atoms with Gasteiger partial charge in [-0.1, -0.05) is 66.7 Å². The van der Waals surface area contributed by atoms with Gasteiger partial charge in [-0.3, -0.25) is 14.0 Å². The maximum absolute atomic E-state index is 13.4. The molecule has 0 bridgehead atoms. The predicted molar refractivity (Wildman–Crippen MR) is 125 cm³/mol. The molecule has 5 rings (SSSR count). The Bertz CT molecular complexity index is 1240. The molecule has 1 fully saturated rings. The van der Waals surface area contributed by atoms with Gasteiger partial charge in [0.05, 0.1) is 10.6 Å². The number of fused-ring (bicyclic) bond motifs is 3. The van der Waals surface area contributed by atoms with Crippen LogP contribution in [0.3, 0.4) is 0 Å². The van der Waals surface area contributed by atoms with Crippen LogP contribution < -0.4 is 4.31 Å². The normalized spacial score (nSPS) is 17.5. The predicted octanol–water partition coefficient (Wildman–Crippen LogP) is 3.21. The van der Waals surface area contributed by atoms with E-state index in [1.807, 2.05) is 48.5 Å². The summed E-state index contributed by atoms with van der Waals surface area (Å²) in [5, 5.41) is 0. The van der Waals surface area contributed by atoms with E-state index < -0.39 is 10.0 Å². The van der Waals surface area contributed by atoms with Crippen LogP contribution in [0.15, 0.2) is 83.8 Å². The Hall–Kier alpha value is -3.16. The quantitative estimate of drug-likeness (QED) is 0.616. The number of carbonyl (C=O) groups is 1. The monoisotopic (exact) mass is 447 g/mol. The van der Waals surface area contributed by atoms with Gasteiger partial charge in [0, 0.05) is 43.9 Å². The van der Waals surface area contributed by atoms with Crippen LogP contribution in [0.1, 0.15) is 5.56 Å². The highest BCUT2D eigenvalue weighted by atomic mass is 32.2. The molecule has 164 valence electrons. The van der Waals surface area contributed by atoms with E-state index in [9.17, 15) is 13.2 Å². The number of benzene rings is 3. The van der Waals surface area contributed by atoms with Gasteiger partial charge in [0.15, 0.2) is 0 Å². The molecule has 32 heavy (non-hydrogen) atoms. The summed E-state index contributed by atoms with van der Waals surface area (Å²) < 4.78 is 28.0. The van der Waals surface area contributed by atoms with E-state index >= 15 is 0 Å². The standard InChI is InChI=1S/C25H25N3O3S/c29-25(27-16-14-26(15-17-27)18-20-8-2-1-3-9-20)19-28-23-12-6-4-10-21(23)22-11-5-7-13-24(22)32(28,30)31/h1-13H,14-19H2. The molecule has 0 atom stereocenters. The minimum atomic E-state index is -3.81. The highest BCUT2D eigenvalue weighted by molar-refractivity contribution is 7.93. The van der Waals surface area contributed by atoms with Crippen molar-refractivity contribution in [3.63, 3.8) is 0 Å². The number of hydrogen-bond acceptors (Lipinski definition) is 4. The second-order valence-electron chi connectivity index (χ2n) is 8.17. The molecule has 0 N–H and O–H groups in total. The van der Waals surface area contributed by atoms with Crippen molar-refractivity contribution in [1.82, 2.24) is 9.80 Å². The third-order valence-electron chi connectivity index (χ3n) is 6.17. The highest BCUT2D eigenvalue weighted by Crippen LogP contribution is 2.42. The fourth-order valence-electron chi connectivity index (χ4n) is 4.47. The van der Waals surface area contributed by atoms with Gasteiger partial charge in [0.1, 0.15) is 6.54 Å². The topological polar surface area (TPSA) is 60.9 Å². The largest absolute Gasteiger partial charge is 0.339 e. The van der Waals surface area contributed by atoms with Crippen molar-refractivity contribution in [2.24, 2.45) is 0 Å². The number of sulfonamides is 1. The Morgan fingerprint density at radius 1 is 0.750 bits per heavy atom. The molecule has 2 aliphatic heterocycles. The number of amides is 1. The van der Waals surface area contributed by atoms with E-state index in [-0.39, 0.29) is 17.3 Å². The zero-order valence-corrected chi connectivity index (χ0v) is 18.5. The molecule has 0 radical (unpaired) electrons. The second kappa shape index (κ2) is 8.41. The van der Waals surface area contributed by atoms with Crippen molar-refractivity contribution < 1.29 is 13.2 Å². The molecule has 0 aromatic heterocycles. The summed E-state index contributed by atoms with van der Waals surface area (Å²) in [5.41, 5.74) is 3.32. The highest BCUT2D eigenvalue weighted by Gasteiger charge is 2.36. The first-order chi connectivity index (χ1) is 15.5. The van der Waals surface area contributed by atoms with Crippen LogP contribution in [0.4, 0.5) is 5.69 Å². The van der Waals surface area contributed by atoms with Crippen LogP contribution in [0.5, 0.6) is 0 Å². The lowest BCUT2D eigenvalue weighted by Crippen LogP contribution is -2.51. The molecule has 3 aromatic rings. The second-order valence-corrected chi connectivity index (χ2v) is 10.00. The number of carbonyl (C=O) groups excluding carboxylic acids is 1. The fourth-order valence-corrected chi connectivity index (χ4v) is 6.11. The van der Waals surface area contributed by atoms with Gasteiger partial charge in [-0.05, 0) is 17.7 Å². The molecule has 0 aliphatic carbocycles. The lowest BCUT2D eigenvalue weighted by Gasteiger charge is -2.37. The Morgan fingerprint density at radius 2 is 1.38 bits per heavy atom. The van der Waals surface area contributed by atoms with E-state index in [1.165, 1.54) is 9.87 Å². The van der Waals surface area contributed by atoms with Crippen LogP contribution in [-0.4, -0.2) is 56.8 Å². The number of rotatable bonds is 4. The molecule has 7 heteroatoms. The van der Waals surface area contributed by atoms with E-state index in [1.54, 1.807) is 23.1 Å². The molecule has 2 aliphatic rings. The summed E-state index contributed by atoms with van der Waals surface area (Å²) in [4.78, 5) is 17.5. The summed E-state index contributed by atoms with van der Waals surface area (Å²) in [5.74, 6) is -0.165.